The van der Waals surface area contributed by atoms with Crippen LogP contribution >= 0.6 is 11.8 Å². The second kappa shape index (κ2) is 4.88. The van der Waals surface area contributed by atoms with Crippen LogP contribution in [0.1, 0.15) is 12.5 Å². The number of amides is 2. The molecule has 2 amide bonds. The zero-order chi connectivity index (χ0) is 14.2. The first-order valence-corrected chi connectivity index (χ1v) is 6.52. The van der Waals surface area contributed by atoms with Crippen LogP contribution in [0.2, 0.25) is 0 Å². The van der Waals surface area contributed by atoms with Crippen molar-refractivity contribution in [2.45, 2.75) is 18.3 Å². The molecule has 0 aliphatic carbocycles. The van der Waals surface area contributed by atoms with E-state index in [1.165, 1.54) is 12.1 Å². The van der Waals surface area contributed by atoms with Gasteiger partial charge >= 0.3 is 6.18 Å². The first-order valence-electron chi connectivity index (χ1n) is 5.47. The van der Waals surface area contributed by atoms with E-state index in [4.69, 9.17) is 0 Å². The molecule has 1 aliphatic heterocycles. The largest absolute Gasteiger partial charge is 0.418 e. The van der Waals surface area contributed by atoms with Crippen molar-refractivity contribution < 1.29 is 22.8 Å². The third-order valence-corrected chi connectivity index (χ3v) is 3.84. The minimum Gasteiger partial charge on any atom is -0.273 e. The van der Waals surface area contributed by atoms with Gasteiger partial charge in [0.05, 0.1) is 22.3 Å². The lowest BCUT2D eigenvalue weighted by Gasteiger charge is -2.30. The van der Waals surface area contributed by atoms with E-state index in [1.807, 2.05) is 0 Å². The number of carbonyl (C=O) groups is 2. The Morgan fingerprint density at radius 1 is 1.26 bits per heavy atom. The Labute approximate surface area is 111 Å². The van der Waals surface area contributed by atoms with E-state index in [1.54, 1.807) is 6.92 Å². The standard InChI is InChI=1S/C12H10F3NO2S/c1-7-11(18)16(10(17)6-19-7)9-5-3-2-4-8(9)12(13,14)15/h2-5,7H,6H2,1H3/t7-/m0/s1. The van der Waals surface area contributed by atoms with Crippen LogP contribution in [0.25, 0.3) is 0 Å². The van der Waals surface area contributed by atoms with Crippen LogP contribution in [0.5, 0.6) is 0 Å². The van der Waals surface area contributed by atoms with Crippen LogP contribution < -0.4 is 4.90 Å². The van der Waals surface area contributed by atoms with Crippen molar-refractivity contribution in [3.8, 4) is 0 Å². The third kappa shape index (κ3) is 2.60. The lowest BCUT2D eigenvalue weighted by Crippen LogP contribution is -2.47. The number of imide groups is 1. The SMILES string of the molecule is C[C@@H]1SCC(=O)N(c2ccccc2C(F)(F)F)C1=O. The Bertz CT molecular complexity index is 530. The van der Waals surface area contributed by atoms with Crippen LogP contribution in [-0.4, -0.2) is 22.8 Å². The molecule has 19 heavy (non-hydrogen) atoms. The summed E-state index contributed by atoms with van der Waals surface area (Å²) >= 11 is 1.12. The molecule has 1 fully saturated rings. The zero-order valence-corrected chi connectivity index (χ0v) is 10.7. The fourth-order valence-corrected chi connectivity index (χ4v) is 2.57. The minimum atomic E-state index is -4.61. The summed E-state index contributed by atoms with van der Waals surface area (Å²) in [5.74, 6) is -1.23. The molecule has 0 bridgehead atoms. The number of rotatable bonds is 1. The number of anilines is 1. The normalized spacial score (nSPS) is 20.8. The summed E-state index contributed by atoms with van der Waals surface area (Å²) in [6.45, 7) is 1.57. The molecule has 1 aromatic carbocycles. The summed E-state index contributed by atoms with van der Waals surface area (Å²) in [4.78, 5) is 24.3. The van der Waals surface area contributed by atoms with Crippen molar-refractivity contribution in [1.82, 2.24) is 0 Å². The van der Waals surface area contributed by atoms with Crippen molar-refractivity contribution in [3.05, 3.63) is 29.8 Å². The van der Waals surface area contributed by atoms with Gasteiger partial charge in [0.1, 0.15) is 0 Å². The first kappa shape index (κ1) is 13.9. The maximum Gasteiger partial charge on any atom is 0.418 e. The number of nitrogens with zero attached hydrogens (tertiary/aromatic N) is 1. The molecule has 0 spiro atoms. The van der Waals surface area contributed by atoms with Crippen molar-refractivity contribution in [1.29, 1.82) is 0 Å². The summed E-state index contributed by atoms with van der Waals surface area (Å²) < 4.78 is 38.7. The summed E-state index contributed by atoms with van der Waals surface area (Å²) in [6.07, 6.45) is -4.61. The van der Waals surface area contributed by atoms with E-state index in [2.05, 4.69) is 0 Å². The van der Waals surface area contributed by atoms with Gasteiger partial charge in [-0.05, 0) is 19.1 Å². The van der Waals surface area contributed by atoms with Gasteiger partial charge in [-0.1, -0.05) is 12.1 Å². The first-order chi connectivity index (χ1) is 8.82. The van der Waals surface area contributed by atoms with Crippen molar-refractivity contribution in [2.24, 2.45) is 0 Å². The fraction of sp³-hybridized carbons (Fsp3) is 0.333. The number of benzene rings is 1. The molecule has 7 heteroatoms. The number of halogens is 3. The molecule has 1 saturated heterocycles. The van der Waals surface area contributed by atoms with Crippen LogP contribution in [0, 0.1) is 0 Å². The van der Waals surface area contributed by atoms with Crippen molar-refractivity contribution in [2.75, 3.05) is 10.7 Å². The maximum absolute atomic E-state index is 12.9. The number of carbonyl (C=O) groups excluding carboxylic acids is 2. The topological polar surface area (TPSA) is 37.4 Å². The minimum absolute atomic E-state index is 0.000895. The van der Waals surface area contributed by atoms with Gasteiger partial charge < -0.3 is 0 Å². The molecule has 1 atom stereocenters. The van der Waals surface area contributed by atoms with Crippen LogP contribution in [-0.2, 0) is 15.8 Å². The molecule has 1 aromatic rings. The fourth-order valence-electron chi connectivity index (χ4n) is 1.80. The van der Waals surface area contributed by atoms with E-state index in [9.17, 15) is 22.8 Å². The van der Waals surface area contributed by atoms with Gasteiger partial charge in [0, 0.05) is 0 Å². The third-order valence-electron chi connectivity index (χ3n) is 2.72. The summed E-state index contributed by atoms with van der Waals surface area (Å²) in [5.41, 5.74) is -1.37. The molecule has 0 saturated carbocycles. The Morgan fingerprint density at radius 3 is 2.53 bits per heavy atom. The van der Waals surface area contributed by atoms with E-state index < -0.39 is 34.5 Å². The average Bonchev–Trinajstić information content (AvgIpc) is 2.34. The predicted octanol–water partition coefficient (Wildman–Crippen LogP) is 2.70. The van der Waals surface area contributed by atoms with Crippen molar-refractivity contribution in [3.63, 3.8) is 0 Å². The molecule has 0 N–H and O–H groups in total. The Balaban J connectivity index is 2.52. The monoisotopic (exact) mass is 289 g/mol. The van der Waals surface area contributed by atoms with Crippen molar-refractivity contribution >= 4 is 29.3 Å². The van der Waals surface area contributed by atoms with E-state index in [-0.39, 0.29) is 5.75 Å². The number of hydrogen-bond donors (Lipinski definition) is 0. The number of para-hydroxylation sites is 1. The number of thioether (sulfide) groups is 1. The molecule has 0 aromatic heterocycles. The second-order valence-electron chi connectivity index (χ2n) is 4.04. The molecule has 2 rings (SSSR count). The molecule has 0 radical (unpaired) electrons. The highest BCUT2D eigenvalue weighted by Crippen LogP contribution is 2.38. The smallest absolute Gasteiger partial charge is 0.273 e. The Morgan fingerprint density at radius 2 is 1.89 bits per heavy atom. The quantitative estimate of drug-likeness (QED) is 0.746. The molecular formula is C12H10F3NO2S. The van der Waals surface area contributed by atoms with Gasteiger partial charge in [0.15, 0.2) is 0 Å². The van der Waals surface area contributed by atoms with E-state index >= 15 is 0 Å². The van der Waals surface area contributed by atoms with Gasteiger partial charge in [-0.3, -0.25) is 9.59 Å². The maximum atomic E-state index is 12.9. The summed E-state index contributed by atoms with van der Waals surface area (Å²) in [7, 11) is 0. The van der Waals surface area contributed by atoms with E-state index in [0.29, 0.717) is 4.90 Å². The van der Waals surface area contributed by atoms with Crippen LogP contribution in [0.15, 0.2) is 24.3 Å². The highest BCUT2D eigenvalue weighted by molar-refractivity contribution is 8.01. The van der Waals surface area contributed by atoms with Gasteiger partial charge in [-0.25, -0.2) is 4.90 Å². The molecule has 3 nitrogen and oxygen atoms in total. The van der Waals surface area contributed by atoms with Gasteiger partial charge in [-0.15, -0.1) is 11.8 Å². The Kier molecular flexibility index (Phi) is 3.58. The summed E-state index contributed by atoms with van der Waals surface area (Å²) in [6, 6.07) is 4.60. The number of alkyl halides is 3. The van der Waals surface area contributed by atoms with Gasteiger partial charge in [-0.2, -0.15) is 13.2 Å². The molecule has 102 valence electrons. The Hall–Kier alpha value is -1.50. The average molecular weight is 289 g/mol. The van der Waals surface area contributed by atoms with Crippen LogP contribution in [0.3, 0.4) is 0 Å². The second-order valence-corrected chi connectivity index (χ2v) is 5.36. The summed E-state index contributed by atoms with van der Waals surface area (Å²) in [5, 5.41) is -0.529. The highest BCUT2D eigenvalue weighted by Gasteiger charge is 2.40. The highest BCUT2D eigenvalue weighted by atomic mass is 32.2. The molecule has 0 unspecified atom stereocenters. The predicted molar refractivity (Wildman–Crippen MR) is 65.9 cm³/mol. The van der Waals surface area contributed by atoms with Gasteiger partial charge in [0.2, 0.25) is 11.8 Å². The lowest BCUT2D eigenvalue weighted by atomic mass is 10.1. The molecular weight excluding hydrogens is 279 g/mol. The molecule has 1 heterocycles. The van der Waals surface area contributed by atoms with E-state index in [0.717, 1.165) is 23.9 Å². The van der Waals surface area contributed by atoms with Gasteiger partial charge in [0.25, 0.3) is 0 Å². The molecule has 1 aliphatic rings. The van der Waals surface area contributed by atoms with Crippen LogP contribution in [0.4, 0.5) is 18.9 Å². The zero-order valence-electron chi connectivity index (χ0n) is 9.90. The lowest BCUT2D eigenvalue weighted by molar-refractivity contribution is -0.137. The number of hydrogen-bond acceptors (Lipinski definition) is 3.